The van der Waals surface area contributed by atoms with Gasteiger partial charge in [-0.1, -0.05) is 6.92 Å². The summed E-state index contributed by atoms with van der Waals surface area (Å²) in [6.45, 7) is 2.19. The van der Waals surface area contributed by atoms with Crippen molar-refractivity contribution in [1.29, 1.82) is 0 Å². The number of aryl methyl sites for hydroxylation is 1. The van der Waals surface area contributed by atoms with E-state index in [4.69, 9.17) is 5.73 Å². The van der Waals surface area contributed by atoms with Gasteiger partial charge < -0.3 is 5.73 Å². The van der Waals surface area contributed by atoms with Gasteiger partial charge in [0.2, 0.25) is 0 Å². The zero-order chi connectivity index (χ0) is 7.84. The van der Waals surface area contributed by atoms with Gasteiger partial charge in [-0.25, -0.2) is 0 Å². The molecule has 1 heterocycles. The average Bonchev–Trinajstić information content (AvgIpc) is 2.45. The van der Waals surface area contributed by atoms with Crippen LogP contribution in [0, 0.1) is 5.92 Å². The smallest absolute Gasteiger partial charge is 0.0554 e. The first-order chi connectivity index (χ1) is 5.29. The minimum absolute atomic E-state index is 0.168. The van der Waals surface area contributed by atoms with E-state index in [1.165, 1.54) is 12.0 Å². The van der Waals surface area contributed by atoms with E-state index in [-0.39, 0.29) is 6.04 Å². The highest BCUT2D eigenvalue weighted by Gasteiger charge is 2.24. The van der Waals surface area contributed by atoms with E-state index in [0.717, 1.165) is 12.1 Å². The van der Waals surface area contributed by atoms with Crippen molar-refractivity contribution in [1.82, 2.24) is 10.2 Å². The van der Waals surface area contributed by atoms with Crippen LogP contribution in [0.5, 0.6) is 0 Å². The van der Waals surface area contributed by atoms with Crippen molar-refractivity contribution in [3.63, 3.8) is 0 Å². The Bertz CT molecular complexity index is 254. The zero-order valence-electron chi connectivity index (χ0n) is 6.67. The highest BCUT2D eigenvalue weighted by atomic mass is 15.1. The number of hydrogen-bond acceptors (Lipinski definition) is 2. The van der Waals surface area contributed by atoms with Crippen LogP contribution in [0.1, 0.15) is 30.6 Å². The van der Waals surface area contributed by atoms with Crippen molar-refractivity contribution in [2.24, 2.45) is 11.7 Å². The van der Waals surface area contributed by atoms with Gasteiger partial charge in [-0.15, -0.1) is 0 Å². The molecule has 1 aromatic heterocycles. The number of aromatic nitrogens is 2. The monoisotopic (exact) mass is 151 g/mol. The third-order valence-corrected chi connectivity index (χ3v) is 2.57. The number of fused-ring (bicyclic) bond motifs is 1. The second-order valence-electron chi connectivity index (χ2n) is 3.35. The molecule has 2 rings (SSSR count). The predicted octanol–water partition coefficient (Wildman–Crippen LogP) is 0.992. The van der Waals surface area contributed by atoms with Crippen LogP contribution in [0.25, 0.3) is 0 Å². The summed E-state index contributed by atoms with van der Waals surface area (Å²) in [6, 6.07) is 0.168. The number of hydrogen-bond donors (Lipinski definition) is 2. The van der Waals surface area contributed by atoms with E-state index in [2.05, 4.69) is 17.1 Å². The number of H-pyrrole nitrogens is 1. The molecule has 0 aliphatic heterocycles. The number of nitrogens with zero attached hydrogens (tertiary/aromatic N) is 1. The Labute approximate surface area is 66.0 Å². The summed E-state index contributed by atoms with van der Waals surface area (Å²) < 4.78 is 0. The molecule has 0 fully saturated rings. The quantitative estimate of drug-likeness (QED) is 0.581. The molecule has 60 valence electrons. The summed E-state index contributed by atoms with van der Waals surface area (Å²) in [5, 5.41) is 6.95. The van der Waals surface area contributed by atoms with Gasteiger partial charge in [-0.05, 0) is 24.3 Å². The van der Waals surface area contributed by atoms with Crippen LogP contribution in [-0.2, 0) is 6.42 Å². The maximum Gasteiger partial charge on any atom is 0.0554 e. The van der Waals surface area contributed by atoms with Gasteiger partial charge in [0, 0.05) is 6.04 Å². The number of rotatable bonds is 0. The van der Waals surface area contributed by atoms with Crippen LogP contribution in [-0.4, -0.2) is 10.2 Å². The molecule has 1 aliphatic carbocycles. The molecule has 3 nitrogen and oxygen atoms in total. The second-order valence-corrected chi connectivity index (χ2v) is 3.35. The molecular weight excluding hydrogens is 138 g/mol. The molecule has 0 bridgehead atoms. The maximum atomic E-state index is 5.96. The Morgan fingerprint density at radius 2 is 2.55 bits per heavy atom. The summed E-state index contributed by atoms with van der Waals surface area (Å²) in [5.74, 6) is 0.586. The summed E-state index contributed by atoms with van der Waals surface area (Å²) >= 11 is 0. The molecule has 1 aromatic rings. The number of aromatic amines is 1. The van der Waals surface area contributed by atoms with Crippen LogP contribution >= 0.6 is 0 Å². The Hall–Kier alpha value is -0.830. The molecule has 0 spiro atoms. The van der Waals surface area contributed by atoms with E-state index < -0.39 is 0 Å². The first-order valence-electron chi connectivity index (χ1n) is 4.06. The van der Waals surface area contributed by atoms with Crippen LogP contribution < -0.4 is 5.73 Å². The van der Waals surface area contributed by atoms with Gasteiger partial charge in [0.1, 0.15) is 0 Å². The lowest BCUT2D eigenvalue weighted by Gasteiger charge is -2.24. The van der Waals surface area contributed by atoms with E-state index in [9.17, 15) is 0 Å². The highest BCUT2D eigenvalue weighted by Crippen LogP contribution is 2.30. The Morgan fingerprint density at radius 1 is 1.73 bits per heavy atom. The molecule has 0 radical (unpaired) electrons. The lowest BCUT2D eigenvalue weighted by Crippen LogP contribution is -2.24. The fourth-order valence-electron chi connectivity index (χ4n) is 1.66. The third kappa shape index (κ3) is 0.959. The number of nitrogens with two attached hydrogens (primary N) is 1. The molecule has 0 saturated carbocycles. The summed E-state index contributed by atoms with van der Waals surface area (Å²) in [7, 11) is 0. The zero-order valence-corrected chi connectivity index (χ0v) is 6.67. The van der Waals surface area contributed by atoms with E-state index in [1.807, 2.05) is 6.20 Å². The van der Waals surface area contributed by atoms with Crippen molar-refractivity contribution in [3.8, 4) is 0 Å². The minimum atomic E-state index is 0.168. The van der Waals surface area contributed by atoms with Gasteiger partial charge >= 0.3 is 0 Å². The third-order valence-electron chi connectivity index (χ3n) is 2.57. The van der Waals surface area contributed by atoms with Gasteiger partial charge in [-0.2, -0.15) is 5.10 Å². The summed E-state index contributed by atoms with van der Waals surface area (Å²) in [5.41, 5.74) is 8.41. The average molecular weight is 151 g/mol. The molecule has 11 heavy (non-hydrogen) atoms. The van der Waals surface area contributed by atoms with E-state index in [0.29, 0.717) is 5.92 Å². The molecule has 2 unspecified atom stereocenters. The largest absolute Gasteiger partial charge is 0.322 e. The SMILES string of the molecule is CC1CCc2cn[nH]c2C1N. The predicted molar refractivity (Wildman–Crippen MR) is 43.0 cm³/mol. The van der Waals surface area contributed by atoms with Gasteiger partial charge in [0.15, 0.2) is 0 Å². The first-order valence-corrected chi connectivity index (χ1v) is 4.06. The topological polar surface area (TPSA) is 54.7 Å². The molecule has 0 saturated heterocycles. The van der Waals surface area contributed by atoms with Crippen molar-refractivity contribution < 1.29 is 0 Å². The van der Waals surface area contributed by atoms with Crippen molar-refractivity contribution >= 4 is 0 Å². The van der Waals surface area contributed by atoms with Crippen molar-refractivity contribution in [2.75, 3.05) is 0 Å². The van der Waals surface area contributed by atoms with Crippen LogP contribution in [0.2, 0.25) is 0 Å². The van der Waals surface area contributed by atoms with Crippen molar-refractivity contribution in [2.45, 2.75) is 25.8 Å². The minimum Gasteiger partial charge on any atom is -0.322 e. The fourth-order valence-corrected chi connectivity index (χ4v) is 1.66. The van der Waals surface area contributed by atoms with Gasteiger partial charge in [0.05, 0.1) is 11.9 Å². The molecule has 3 N–H and O–H groups in total. The van der Waals surface area contributed by atoms with Crippen LogP contribution in [0.3, 0.4) is 0 Å². The Morgan fingerprint density at radius 3 is 3.36 bits per heavy atom. The van der Waals surface area contributed by atoms with Crippen molar-refractivity contribution in [3.05, 3.63) is 17.5 Å². The fraction of sp³-hybridized carbons (Fsp3) is 0.625. The molecule has 1 aliphatic rings. The normalized spacial score (nSPS) is 30.0. The lowest BCUT2D eigenvalue weighted by molar-refractivity contribution is 0.405. The standard InChI is InChI=1S/C8H13N3/c1-5-2-3-6-4-10-11-8(6)7(5)9/h4-5,7H,2-3,9H2,1H3,(H,10,11). The highest BCUT2D eigenvalue weighted by molar-refractivity contribution is 5.23. The molecule has 3 heteroatoms. The molecule has 0 aromatic carbocycles. The number of nitrogens with one attached hydrogen (secondary N) is 1. The second kappa shape index (κ2) is 2.34. The summed E-state index contributed by atoms with van der Waals surface area (Å²) in [4.78, 5) is 0. The Kier molecular flexibility index (Phi) is 1.46. The van der Waals surface area contributed by atoms with Gasteiger partial charge in [0.25, 0.3) is 0 Å². The maximum absolute atomic E-state index is 5.96. The van der Waals surface area contributed by atoms with Gasteiger partial charge in [-0.3, -0.25) is 5.10 Å². The molecular formula is C8H13N3. The Balaban J connectivity index is 2.38. The van der Waals surface area contributed by atoms with E-state index in [1.54, 1.807) is 0 Å². The van der Waals surface area contributed by atoms with Crippen LogP contribution in [0.4, 0.5) is 0 Å². The first kappa shape index (κ1) is 6.85. The molecule has 2 atom stereocenters. The lowest BCUT2D eigenvalue weighted by atomic mass is 9.86. The van der Waals surface area contributed by atoms with E-state index >= 15 is 0 Å². The summed E-state index contributed by atoms with van der Waals surface area (Å²) in [6.07, 6.45) is 4.20. The molecule has 0 amide bonds. The van der Waals surface area contributed by atoms with Crippen LogP contribution in [0.15, 0.2) is 6.20 Å².